The average Bonchev–Trinajstić information content (AvgIpc) is 3.28. The van der Waals surface area contributed by atoms with E-state index in [1.165, 1.54) is 6.42 Å². The molecular weight excluding hydrogens is 346 g/mol. The van der Waals surface area contributed by atoms with Gasteiger partial charge < -0.3 is 19.2 Å². The summed E-state index contributed by atoms with van der Waals surface area (Å²) < 4.78 is 7.00. The molecule has 0 radical (unpaired) electrons. The van der Waals surface area contributed by atoms with Crippen molar-refractivity contribution in [2.24, 2.45) is 0 Å². The molecule has 0 aliphatic heterocycles. The van der Waals surface area contributed by atoms with Gasteiger partial charge in [0.05, 0.1) is 29.3 Å². The second-order valence-corrected chi connectivity index (χ2v) is 7.13. The number of nitrogens with zero attached hydrogens (tertiary/aromatic N) is 1. The Morgan fingerprint density at radius 3 is 2.52 bits per heavy atom. The van der Waals surface area contributed by atoms with Gasteiger partial charge in [0.2, 0.25) is 0 Å². The highest BCUT2D eigenvalue weighted by molar-refractivity contribution is 5.98. The topological polar surface area (TPSA) is 92.7 Å². The van der Waals surface area contributed by atoms with Crippen molar-refractivity contribution in [2.75, 3.05) is 0 Å². The number of carboxylic acid groups (broad SMARTS) is 2. The molecule has 0 atom stereocenters. The summed E-state index contributed by atoms with van der Waals surface area (Å²) in [6, 6.07) is 6.83. The molecule has 0 saturated heterocycles. The largest absolute Gasteiger partial charge is 0.480 e. The van der Waals surface area contributed by atoms with Gasteiger partial charge in [-0.05, 0) is 42.5 Å². The van der Waals surface area contributed by atoms with Gasteiger partial charge >= 0.3 is 11.9 Å². The second kappa shape index (κ2) is 6.95. The van der Waals surface area contributed by atoms with Crippen LogP contribution in [0, 0.1) is 0 Å². The Kier molecular flexibility index (Phi) is 4.48. The van der Waals surface area contributed by atoms with E-state index < -0.39 is 11.9 Å². The van der Waals surface area contributed by atoms with Gasteiger partial charge in [-0.15, -0.1) is 0 Å². The molecule has 0 amide bonds. The fraction of sp³-hybridized carbons (Fsp3) is 0.333. The lowest BCUT2D eigenvalue weighted by Gasteiger charge is -2.23. The smallest absolute Gasteiger partial charge is 0.335 e. The van der Waals surface area contributed by atoms with Crippen LogP contribution in [0.15, 0.2) is 41.2 Å². The third-order valence-electron chi connectivity index (χ3n) is 5.45. The number of carboxylic acids is 2. The van der Waals surface area contributed by atoms with Crippen LogP contribution >= 0.6 is 0 Å². The monoisotopic (exact) mass is 367 g/mol. The molecule has 0 spiro atoms. The Bertz CT molecular complexity index is 993. The SMILES string of the molecule is O=C(O)Cn1c(-c2ccoc2)c(C2CCCCC2)c2ccc(C(=O)O)cc21. The minimum atomic E-state index is -1.02. The molecule has 0 unspecified atom stereocenters. The van der Waals surface area contributed by atoms with Crippen LogP contribution in [-0.2, 0) is 11.3 Å². The zero-order chi connectivity index (χ0) is 19.0. The van der Waals surface area contributed by atoms with Crippen LogP contribution in [0.25, 0.3) is 22.2 Å². The van der Waals surface area contributed by atoms with Crippen molar-refractivity contribution < 1.29 is 24.2 Å². The number of hydrogen-bond acceptors (Lipinski definition) is 3. The maximum atomic E-state index is 11.6. The lowest BCUT2D eigenvalue weighted by atomic mass is 9.82. The van der Waals surface area contributed by atoms with Crippen molar-refractivity contribution in [2.45, 2.75) is 44.6 Å². The third-order valence-corrected chi connectivity index (χ3v) is 5.45. The van der Waals surface area contributed by atoms with E-state index >= 15 is 0 Å². The molecule has 1 aromatic carbocycles. The summed E-state index contributed by atoms with van der Waals surface area (Å²) in [4.78, 5) is 23.0. The predicted octanol–water partition coefficient (Wildman–Crippen LogP) is 4.73. The van der Waals surface area contributed by atoms with Gasteiger partial charge in [0, 0.05) is 10.9 Å². The molecule has 2 N–H and O–H groups in total. The quantitative estimate of drug-likeness (QED) is 0.680. The van der Waals surface area contributed by atoms with Gasteiger partial charge in [-0.1, -0.05) is 25.3 Å². The molecule has 140 valence electrons. The van der Waals surface area contributed by atoms with Crippen LogP contribution in [0.4, 0.5) is 0 Å². The van der Waals surface area contributed by atoms with Crippen LogP contribution in [0.3, 0.4) is 0 Å². The molecule has 6 heteroatoms. The minimum Gasteiger partial charge on any atom is -0.480 e. The summed E-state index contributed by atoms with van der Waals surface area (Å²) in [5, 5.41) is 19.8. The first-order chi connectivity index (χ1) is 13.1. The van der Waals surface area contributed by atoms with Crippen molar-refractivity contribution in [3.8, 4) is 11.3 Å². The van der Waals surface area contributed by atoms with E-state index in [1.807, 2.05) is 12.1 Å². The Labute approximate surface area is 156 Å². The first kappa shape index (κ1) is 17.4. The van der Waals surface area contributed by atoms with Crippen molar-refractivity contribution in [1.29, 1.82) is 0 Å². The molecular formula is C21H21NO5. The predicted molar refractivity (Wildman–Crippen MR) is 100 cm³/mol. The van der Waals surface area contributed by atoms with E-state index in [9.17, 15) is 19.8 Å². The van der Waals surface area contributed by atoms with Gasteiger partial charge in [0.15, 0.2) is 0 Å². The van der Waals surface area contributed by atoms with Gasteiger partial charge in [-0.3, -0.25) is 4.79 Å². The van der Waals surface area contributed by atoms with Crippen LogP contribution < -0.4 is 0 Å². The number of aromatic nitrogens is 1. The van der Waals surface area contributed by atoms with Crippen LogP contribution in [0.1, 0.15) is 53.9 Å². The molecule has 27 heavy (non-hydrogen) atoms. The fourth-order valence-corrected chi connectivity index (χ4v) is 4.32. The van der Waals surface area contributed by atoms with E-state index in [2.05, 4.69) is 0 Å². The van der Waals surface area contributed by atoms with Gasteiger partial charge in [-0.25, -0.2) is 4.79 Å². The zero-order valence-electron chi connectivity index (χ0n) is 14.9. The van der Waals surface area contributed by atoms with E-state index in [1.54, 1.807) is 29.2 Å². The molecule has 1 aliphatic rings. The standard InChI is InChI=1S/C21H21NO5/c23-18(24)11-22-17-10-14(21(25)26)6-7-16(17)19(13-4-2-1-3-5-13)20(22)15-8-9-27-12-15/h6-10,12-13H,1-5,11H2,(H,23,24)(H,25,26). The molecule has 3 aromatic rings. The molecule has 2 aromatic heterocycles. The summed E-state index contributed by atoms with van der Waals surface area (Å²) in [7, 11) is 0. The number of aliphatic carboxylic acids is 1. The highest BCUT2D eigenvalue weighted by Gasteiger charge is 2.28. The van der Waals surface area contributed by atoms with Crippen LogP contribution in [-0.4, -0.2) is 26.7 Å². The third kappa shape index (κ3) is 3.12. The van der Waals surface area contributed by atoms with E-state index in [4.69, 9.17) is 4.42 Å². The normalized spacial score (nSPS) is 15.3. The molecule has 6 nitrogen and oxygen atoms in total. The molecule has 1 fully saturated rings. The van der Waals surface area contributed by atoms with E-state index in [0.717, 1.165) is 47.9 Å². The van der Waals surface area contributed by atoms with Crippen molar-refractivity contribution in [3.63, 3.8) is 0 Å². The summed E-state index contributed by atoms with van der Waals surface area (Å²) in [6.45, 7) is -0.229. The van der Waals surface area contributed by atoms with Crippen LogP contribution in [0.5, 0.6) is 0 Å². The Balaban J connectivity index is 2.04. The van der Waals surface area contributed by atoms with Gasteiger partial charge in [-0.2, -0.15) is 0 Å². The van der Waals surface area contributed by atoms with E-state index in [-0.39, 0.29) is 12.1 Å². The van der Waals surface area contributed by atoms with Crippen molar-refractivity contribution in [1.82, 2.24) is 4.57 Å². The number of hydrogen-bond donors (Lipinski definition) is 2. The maximum absolute atomic E-state index is 11.6. The average molecular weight is 367 g/mol. The Hall–Kier alpha value is -3.02. The Morgan fingerprint density at radius 2 is 1.89 bits per heavy atom. The number of aromatic carboxylic acids is 1. The molecule has 1 aliphatic carbocycles. The summed E-state index contributed by atoms with van der Waals surface area (Å²) >= 11 is 0. The molecule has 2 heterocycles. The summed E-state index contributed by atoms with van der Waals surface area (Å²) in [6.07, 6.45) is 8.81. The fourth-order valence-electron chi connectivity index (χ4n) is 4.32. The van der Waals surface area contributed by atoms with Crippen LogP contribution in [0.2, 0.25) is 0 Å². The molecule has 1 saturated carbocycles. The number of carbonyl (C=O) groups is 2. The van der Waals surface area contributed by atoms with E-state index in [0.29, 0.717) is 11.4 Å². The van der Waals surface area contributed by atoms with Gasteiger partial charge in [0.1, 0.15) is 6.54 Å². The highest BCUT2D eigenvalue weighted by atomic mass is 16.4. The van der Waals surface area contributed by atoms with Crippen molar-refractivity contribution >= 4 is 22.8 Å². The first-order valence-electron chi connectivity index (χ1n) is 9.20. The Morgan fingerprint density at radius 1 is 1.11 bits per heavy atom. The minimum absolute atomic E-state index is 0.153. The summed E-state index contributed by atoms with van der Waals surface area (Å²) in [5.74, 6) is -1.66. The number of fused-ring (bicyclic) bond motifs is 1. The zero-order valence-corrected chi connectivity index (χ0v) is 14.9. The van der Waals surface area contributed by atoms with Crippen molar-refractivity contribution in [3.05, 3.63) is 47.9 Å². The highest BCUT2D eigenvalue weighted by Crippen LogP contribution is 2.44. The molecule has 0 bridgehead atoms. The lowest BCUT2D eigenvalue weighted by Crippen LogP contribution is -2.11. The maximum Gasteiger partial charge on any atom is 0.335 e. The number of furan rings is 1. The summed E-state index contributed by atoms with van der Waals surface area (Å²) in [5.41, 5.74) is 3.57. The number of rotatable bonds is 5. The molecule has 4 rings (SSSR count). The number of benzene rings is 1. The first-order valence-corrected chi connectivity index (χ1v) is 9.20. The lowest BCUT2D eigenvalue weighted by molar-refractivity contribution is -0.137. The second-order valence-electron chi connectivity index (χ2n) is 7.13. The van der Waals surface area contributed by atoms with Gasteiger partial charge in [0.25, 0.3) is 0 Å².